The van der Waals surface area contributed by atoms with Crippen molar-refractivity contribution in [2.75, 3.05) is 6.61 Å². The Morgan fingerprint density at radius 1 is 0.696 bits per heavy atom. The summed E-state index contributed by atoms with van der Waals surface area (Å²) in [5.41, 5.74) is -11.3. The molecular formula is C34H43F19O3. The van der Waals surface area contributed by atoms with Crippen LogP contribution in [-0.4, -0.2) is 77.8 Å². The van der Waals surface area contributed by atoms with Crippen molar-refractivity contribution in [3.63, 3.8) is 0 Å². The molecule has 4 rings (SSSR count). The Morgan fingerprint density at radius 2 is 1.23 bits per heavy atom. The Hall–Kier alpha value is -1.45. The maximum atomic E-state index is 15.7. The zero-order chi connectivity index (χ0) is 43.1. The van der Waals surface area contributed by atoms with E-state index in [9.17, 15) is 62.2 Å². The number of hydrogen-bond acceptors (Lipinski definition) is 3. The highest BCUT2D eigenvalue weighted by Gasteiger charge is 2.94. The van der Waals surface area contributed by atoms with Gasteiger partial charge in [-0.3, -0.25) is 0 Å². The molecule has 0 aromatic carbocycles. The second kappa shape index (κ2) is 14.6. The van der Waals surface area contributed by atoms with E-state index in [1.54, 1.807) is 0 Å². The summed E-state index contributed by atoms with van der Waals surface area (Å²) in [5, 5.41) is 11.0. The zero-order valence-corrected chi connectivity index (χ0v) is 30.2. The summed E-state index contributed by atoms with van der Waals surface area (Å²) in [5.74, 6) is -47.7. The Kier molecular flexibility index (Phi) is 12.3. The van der Waals surface area contributed by atoms with E-state index in [1.165, 1.54) is 6.92 Å². The van der Waals surface area contributed by atoms with Crippen molar-refractivity contribution in [2.45, 2.75) is 164 Å². The second-order valence-electron chi connectivity index (χ2n) is 16.5. The number of hydrogen-bond donors (Lipinski definition) is 1. The fraction of sp³-hybridized carbons (Fsp3) is 1.00. The topological polar surface area (TPSA) is 38.7 Å². The third-order valence-electron chi connectivity index (χ3n) is 13.5. The van der Waals surface area contributed by atoms with Crippen LogP contribution < -0.4 is 0 Å². The fourth-order valence-electron chi connectivity index (χ4n) is 10.4. The number of alkyl halides is 19. The highest BCUT2D eigenvalue weighted by molar-refractivity contribution is 5.24. The molecule has 0 spiro atoms. The Balaban J connectivity index is 1.87. The molecular weight excluding hydrogens is 817 g/mol. The normalized spacial score (nSPS) is 32.4. The molecule has 2 bridgehead atoms. The lowest BCUT2D eigenvalue weighted by Crippen LogP contribution is -2.79. The first-order valence-corrected chi connectivity index (χ1v) is 18.1. The minimum Gasteiger partial charge on any atom is -0.378 e. The van der Waals surface area contributed by atoms with Crippen molar-refractivity contribution in [3.8, 4) is 0 Å². The van der Waals surface area contributed by atoms with Gasteiger partial charge in [0, 0.05) is 12.5 Å². The molecule has 9 atom stereocenters. The molecule has 3 nitrogen and oxygen atoms in total. The minimum absolute atomic E-state index is 0.0381. The largest absolute Gasteiger partial charge is 0.459 e. The number of ether oxygens (including phenoxy) is 2. The summed E-state index contributed by atoms with van der Waals surface area (Å²) in [7, 11) is 0. The number of rotatable bonds is 13. The van der Waals surface area contributed by atoms with Crippen LogP contribution >= 0.6 is 0 Å². The van der Waals surface area contributed by atoms with E-state index in [-0.39, 0.29) is 45.1 Å². The molecule has 1 heterocycles. The van der Waals surface area contributed by atoms with Crippen LogP contribution in [0, 0.1) is 40.4 Å². The summed E-state index contributed by atoms with van der Waals surface area (Å²) in [6, 6.07) is 0. The van der Waals surface area contributed by atoms with Gasteiger partial charge in [0.05, 0.1) is 12.0 Å². The van der Waals surface area contributed by atoms with E-state index in [4.69, 9.17) is 9.47 Å². The van der Waals surface area contributed by atoms with Gasteiger partial charge in [-0.15, -0.1) is 0 Å². The molecule has 330 valence electrons. The van der Waals surface area contributed by atoms with E-state index in [0.29, 0.717) is 12.8 Å². The van der Waals surface area contributed by atoms with Crippen molar-refractivity contribution in [1.82, 2.24) is 0 Å². The monoisotopic (exact) mass is 860 g/mol. The van der Waals surface area contributed by atoms with E-state index >= 15 is 26.3 Å². The van der Waals surface area contributed by atoms with Gasteiger partial charge in [-0.25, -0.2) is 0 Å². The molecule has 22 heteroatoms. The van der Waals surface area contributed by atoms with Gasteiger partial charge in [-0.05, 0) is 92.8 Å². The molecule has 3 aliphatic carbocycles. The van der Waals surface area contributed by atoms with Gasteiger partial charge >= 0.3 is 48.1 Å². The molecule has 0 amide bonds. The lowest BCUT2D eigenvalue weighted by atomic mass is 9.52. The zero-order valence-electron chi connectivity index (χ0n) is 30.2. The van der Waals surface area contributed by atoms with Gasteiger partial charge in [-0.2, -0.15) is 83.4 Å². The highest BCUT2D eigenvalue weighted by Crippen LogP contribution is 2.73. The Bertz CT molecular complexity index is 1330. The molecule has 4 aliphatic rings. The summed E-state index contributed by atoms with van der Waals surface area (Å²) >= 11 is 0. The first kappa shape index (κ1) is 47.2. The summed E-state index contributed by atoms with van der Waals surface area (Å²) in [6.45, 7) is 3.49. The van der Waals surface area contributed by atoms with Crippen molar-refractivity contribution < 1.29 is 98.0 Å². The van der Waals surface area contributed by atoms with Crippen LogP contribution in [-0.2, 0) is 9.47 Å². The lowest BCUT2D eigenvalue weighted by Gasteiger charge is -2.56. The molecule has 9 unspecified atom stereocenters. The maximum Gasteiger partial charge on any atom is 0.459 e. The predicted molar refractivity (Wildman–Crippen MR) is 157 cm³/mol. The van der Waals surface area contributed by atoms with Crippen molar-refractivity contribution in [2.24, 2.45) is 40.4 Å². The molecule has 1 N–H and O–H groups in total. The smallest absolute Gasteiger partial charge is 0.378 e. The summed E-state index contributed by atoms with van der Waals surface area (Å²) in [4.78, 5) is 0. The summed E-state index contributed by atoms with van der Waals surface area (Å²) in [6.07, 6.45) is -28.4. The number of fused-ring (bicyclic) bond motifs is 2. The third-order valence-corrected chi connectivity index (χ3v) is 13.5. The van der Waals surface area contributed by atoms with Gasteiger partial charge in [-0.1, -0.05) is 33.6 Å². The van der Waals surface area contributed by atoms with Gasteiger partial charge < -0.3 is 14.6 Å². The highest BCUT2D eigenvalue weighted by atomic mass is 19.4. The Labute approximate surface area is 309 Å². The second-order valence-corrected chi connectivity index (χ2v) is 16.5. The molecule has 0 aromatic heterocycles. The number of halogens is 19. The third kappa shape index (κ3) is 7.07. The molecule has 0 radical (unpaired) electrons. The van der Waals surface area contributed by atoms with Crippen LogP contribution in [0.15, 0.2) is 0 Å². The maximum absolute atomic E-state index is 15.7. The van der Waals surface area contributed by atoms with Gasteiger partial charge in [0.2, 0.25) is 5.60 Å². The average Bonchev–Trinajstić information content (AvgIpc) is 3.67. The van der Waals surface area contributed by atoms with Crippen molar-refractivity contribution >= 4 is 0 Å². The Morgan fingerprint density at radius 3 is 1.66 bits per heavy atom. The van der Waals surface area contributed by atoms with Crippen LogP contribution in [0.25, 0.3) is 0 Å². The minimum atomic E-state index is -7.83. The van der Waals surface area contributed by atoms with E-state index in [0.717, 1.165) is 13.8 Å². The number of aliphatic hydroxyl groups is 1. The quantitative estimate of drug-likeness (QED) is 0.188. The van der Waals surface area contributed by atoms with E-state index in [2.05, 4.69) is 0 Å². The van der Waals surface area contributed by atoms with Gasteiger partial charge in [0.15, 0.2) is 6.29 Å². The molecule has 3 saturated carbocycles. The molecule has 1 aliphatic heterocycles. The van der Waals surface area contributed by atoms with Crippen LogP contribution in [0.4, 0.5) is 83.4 Å². The summed E-state index contributed by atoms with van der Waals surface area (Å²) < 4.78 is 286. The van der Waals surface area contributed by atoms with Crippen LogP contribution in [0.5, 0.6) is 0 Å². The van der Waals surface area contributed by atoms with Crippen LogP contribution in [0.3, 0.4) is 0 Å². The average molecular weight is 861 g/mol. The van der Waals surface area contributed by atoms with Crippen molar-refractivity contribution in [3.05, 3.63) is 0 Å². The molecule has 0 aromatic rings. The van der Waals surface area contributed by atoms with Crippen LogP contribution in [0.2, 0.25) is 0 Å². The lowest BCUT2D eigenvalue weighted by molar-refractivity contribution is -0.462. The molecule has 4 fully saturated rings. The van der Waals surface area contributed by atoms with Gasteiger partial charge in [0.1, 0.15) is 0 Å². The molecule has 56 heavy (non-hydrogen) atoms. The standard InChI is InChI=1S/C34H43F19O3/c1-4-24(3,19-8-7-9-20(56-22-10-5-6-13-55-22)23(19)27(35,36)32(45,46)47)15-17(2)25-12-11-18(16-25)14-21(25)26(54,28(37,38)30(41,42)33(48,49)50)29(39,40)31(43,44)34(51,52)53/h17-23,54H,4-16H2,1-3H3. The fourth-order valence-corrected chi connectivity index (χ4v) is 10.4. The van der Waals surface area contributed by atoms with Crippen molar-refractivity contribution in [1.29, 1.82) is 0 Å². The first-order valence-electron chi connectivity index (χ1n) is 18.1. The van der Waals surface area contributed by atoms with Crippen LogP contribution in [0.1, 0.15) is 97.8 Å². The van der Waals surface area contributed by atoms with E-state index < -0.39 is 132 Å². The first-order chi connectivity index (χ1) is 25.0. The molecule has 1 saturated heterocycles. The SMILES string of the molecule is CCC(C)(CC(C)C12CCC(CC1C(O)(C(F)(F)C(F)(F)C(F)(F)F)C(F)(F)C(F)(F)C(F)(F)F)C2)C1CCCC(OC2CCCCO2)C1C(F)(F)C(F)(F)F. The van der Waals surface area contributed by atoms with E-state index in [1.807, 2.05) is 0 Å². The predicted octanol–water partition coefficient (Wildman–Crippen LogP) is 12.2. The van der Waals surface area contributed by atoms with Gasteiger partial charge in [0.25, 0.3) is 0 Å².